The van der Waals surface area contributed by atoms with E-state index in [1.807, 2.05) is 48.5 Å². The van der Waals surface area contributed by atoms with E-state index in [2.05, 4.69) is 115 Å². The van der Waals surface area contributed by atoms with Crippen molar-refractivity contribution in [2.75, 3.05) is 0 Å². The van der Waals surface area contributed by atoms with Crippen LogP contribution in [0, 0.1) is 18.3 Å². The summed E-state index contributed by atoms with van der Waals surface area (Å²) in [6, 6.07) is 52.5. The van der Waals surface area contributed by atoms with Crippen LogP contribution < -0.4 is 0 Å². The number of nitriles is 1. The van der Waals surface area contributed by atoms with Crippen LogP contribution in [0.1, 0.15) is 11.3 Å². The summed E-state index contributed by atoms with van der Waals surface area (Å²) in [4.78, 5) is 5.13. The van der Waals surface area contributed by atoms with E-state index in [0.29, 0.717) is 5.69 Å². The third-order valence-electron chi connectivity index (χ3n) is 7.72. The average Bonchev–Trinajstić information content (AvgIpc) is 3.42. The minimum absolute atomic E-state index is 0.408. The molecule has 2 aromatic heterocycles. The van der Waals surface area contributed by atoms with Gasteiger partial charge in [0.1, 0.15) is 11.8 Å². The van der Waals surface area contributed by atoms with Crippen molar-refractivity contribution in [3.05, 3.63) is 157 Å². The lowest BCUT2D eigenvalue weighted by molar-refractivity contribution is 1.10. The van der Waals surface area contributed by atoms with Gasteiger partial charge in [0.2, 0.25) is 0 Å². The first kappa shape index (κ1) is 25.3. The van der Waals surface area contributed by atoms with Gasteiger partial charge in [-0.15, -0.1) is 0 Å². The van der Waals surface area contributed by atoms with Crippen LogP contribution in [-0.2, 0) is 0 Å². The Hall–Kier alpha value is -5.72. The number of nitrogens with zero attached hydrogens (tertiary/aromatic N) is 3. The quantitative estimate of drug-likeness (QED) is 0.219. The van der Waals surface area contributed by atoms with Crippen molar-refractivity contribution in [2.45, 2.75) is 6.92 Å². The van der Waals surface area contributed by atoms with E-state index in [0.717, 1.165) is 61.4 Å². The van der Waals surface area contributed by atoms with E-state index in [1.165, 1.54) is 5.56 Å². The Bertz CT molecular complexity index is 2050. The lowest BCUT2D eigenvalue weighted by Gasteiger charge is -2.15. The molecule has 42 heavy (non-hydrogen) atoms. The van der Waals surface area contributed by atoms with Gasteiger partial charge >= 0.3 is 0 Å². The van der Waals surface area contributed by atoms with Crippen molar-refractivity contribution >= 4 is 10.8 Å². The largest absolute Gasteiger partial charge is 0.308 e. The maximum absolute atomic E-state index is 10.6. The van der Waals surface area contributed by atoms with Crippen LogP contribution in [-0.4, -0.2) is 9.55 Å². The zero-order valence-corrected chi connectivity index (χ0v) is 23.2. The van der Waals surface area contributed by atoms with Crippen LogP contribution in [0.5, 0.6) is 0 Å². The highest BCUT2D eigenvalue weighted by Crippen LogP contribution is 2.49. The molecule has 7 aromatic rings. The minimum Gasteiger partial charge on any atom is -0.308 e. The molecule has 0 aliphatic heterocycles. The Morgan fingerprint density at radius 2 is 0.976 bits per heavy atom. The van der Waals surface area contributed by atoms with Gasteiger partial charge in [0.15, 0.2) is 0 Å². The molecule has 0 saturated carbocycles. The van der Waals surface area contributed by atoms with Gasteiger partial charge < -0.3 is 4.57 Å². The Morgan fingerprint density at radius 3 is 1.48 bits per heavy atom. The number of pyridine rings is 1. The van der Waals surface area contributed by atoms with Gasteiger partial charge in [-0.25, -0.2) is 4.98 Å². The van der Waals surface area contributed by atoms with E-state index >= 15 is 0 Å². The smallest absolute Gasteiger partial charge is 0.149 e. The molecule has 2 heterocycles. The molecular weight excluding hydrogens is 510 g/mol. The second-order valence-electron chi connectivity index (χ2n) is 10.4. The fraction of sp³-hybridized carbons (Fsp3) is 0.0256. The molecule has 0 fully saturated rings. The Balaban J connectivity index is 1.80. The van der Waals surface area contributed by atoms with Gasteiger partial charge in [-0.05, 0) is 35.7 Å². The standard InChI is InChI=1S/C39H27N3/c1-27-22-24-32(25-23-27)42-38(30-18-10-4-11-19-30)35-34(28-14-6-2-7-15-28)33(26-40)41-37(29-16-8-3-9-17-29)36(35)39(42)31-20-12-5-13-21-31/h2-25H,1H3. The summed E-state index contributed by atoms with van der Waals surface area (Å²) in [6.07, 6.45) is 0. The third-order valence-corrected chi connectivity index (χ3v) is 7.72. The molecule has 0 saturated heterocycles. The summed E-state index contributed by atoms with van der Waals surface area (Å²) < 4.78 is 2.36. The van der Waals surface area contributed by atoms with Gasteiger partial charge in [-0.1, -0.05) is 139 Å². The number of rotatable bonds is 5. The highest BCUT2D eigenvalue weighted by molar-refractivity contribution is 6.18. The first-order valence-electron chi connectivity index (χ1n) is 14.1. The van der Waals surface area contributed by atoms with Gasteiger partial charge in [0.25, 0.3) is 0 Å². The first-order valence-corrected chi connectivity index (χ1v) is 14.1. The van der Waals surface area contributed by atoms with Crippen LogP contribution in [0.25, 0.3) is 61.4 Å². The molecule has 0 spiro atoms. The fourth-order valence-corrected chi connectivity index (χ4v) is 5.85. The van der Waals surface area contributed by atoms with E-state index in [9.17, 15) is 5.26 Å². The topological polar surface area (TPSA) is 41.6 Å². The zero-order valence-electron chi connectivity index (χ0n) is 23.2. The SMILES string of the molecule is Cc1ccc(-n2c(-c3ccccc3)c3c(-c4ccccc4)nc(C#N)c(-c4ccccc4)c3c2-c2ccccc2)cc1. The molecule has 198 valence electrons. The molecule has 0 amide bonds. The van der Waals surface area contributed by atoms with Gasteiger partial charge in [0.05, 0.1) is 17.1 Å². The first-order chi connectivity index (χ1) is 20.7. The maximum Gasteiger partial charge on any atom is 0.149 e. The van der Waals surface area contributed by atoms with Crippen LogP contribution in [0.2, 0.25) is 0 Å². The number of hydrogen-bond donors (Lipinski definition) is 0. The van der Waals surface area contributed by atoms with Crippen molar-refractivity contribution in [1.82, 2.24) is 9.55 Å². The van der Waals surface area contributed by atoms with E-state index in [1.54, 1.807) is 0 Å². The Kier molecular flexibility index (Phi) is 6.43. The molecular formula is C39H27N3. The summed E-state index contributed by atoms with van der Waals surface area (Å²) >= 11 is 0. The number of fused-ring (bicyclic) bond motifs is 1. The predicted molar refractivity (Wildman–Crippen MR) is 172 cm³/mol. The van der Waals surface area contributed by atoms with Crippen molar-refractivity contribution in [1.29, 1.82) is 5.26 Å². The predicted octanol–water partition coefficient (Wildman–Crippen LogP) is 9.87. The number of hydrogen-bond acceptors (Lipinski definition) is 2. The minimum atomic E-state index is 0.408. The van der Waals surface area contributed by atoms with Crippen molar-refractivity contribution in [2.24, 2.45) is 0 Å². The molecule has 5 aromatic carbocycles. The highest BCUT2D eigenvalue weighted by Gasteiger charge is 2.29. The average molecular weight is 538 g/mol. The maximum atomic E-state index is 10.6. The summed E-state index contributed by atoms with van der Waals surface area (Å²) in [5.41, 5.74) is 10.4. The molecule has 0 aliphatic rings. The van der Waals surface area contributed by atoms with Gasteiger partial charge in [0, 0.05) is 27.6 Å². The van der Waals surface area contributed by atoms with Crippen LogP contribution in [0.4, 0.5) is 0 Å². The molecule has 3 nitrogen and oxygen atoms in total. The van der Waals surface area contributed by atoms with E-state index < -0.39 is 0 Å². The Morgan fingerprint density at radius 1 is 0.524 bits per heavy atom. The molecule has 0 unspecified atom stereocenters. The zero-order chi connectivity index (χ0) is 28.5. The van der Waals surface area contributed by atoms with E-state index in [4.69, 9.17) is 4.98 Å². The molecule has 0 N–H and O–H groups in total. The van der Waals surface area contributed by atoms with Crippen LogP contribution in [0.3, 0.4) is 0 Å². The summed E-state index contributed by atoms with van der Waals surface area (Å²) in [5, 5.41) is 12.6. The molecule has 7 rings (SSSR count). The second-order valence-corrected chi connectivity index (χ2v) is 10.4. The molecule has 0 radical (unpaired) electrons. The van der Waals surface area contributed by atoms with Crippen LogP contribution >= 0.6 is 0 Å². The van der Waals surface area contributed by atoms with Crippen molar-refractivity contribution < 1.29 is 0 Å². The van der Waals surface area contributed by atoms with Crippen LogP contribution in [0.15, 0.2) is 146 Å². The molecule has 0 atom stereocenters. The fourth-order valence-electron chi connectivity index (χ4n) is 5.85. The van der Waals surface area contributed by atoms with E-state index in [-0.39, 0.29) is 0 Å². The lowest BCUT2D eigenvalue weighted by Crippen LogP contribution is -2.00. The van der Waals surface area contributed by atoms with Gasteiger partial charge in [-0.3, -0.25) is 0 Å². The monoisotopic (exact) mass is 537 g/mol. The summed E-state index contributed by atoms with van der Waals surface area (Å²) in [5.74, 6) is 0. The summed E-state index contributed by atoms with van der Waals surface area (Å²) in [7, 11) is 0. The molecule has 0 bridgehead atoms. The molecule has 0 aliphatic carbocycles. The van der Waals surface area contributed by atoms with Gasteiger partial charge in [-0.2, -0.15) is 5.26 Å². The second kappa shape index (κ2) is 10.7. The molecule has 3 heteroatoms. The van der Waals surface area contributed by atoms with Crippen molar-refractivity contribution in [3.63, 3.8) is 0 Å². The van der Waals surface area contributed by atoms with Crippen molar-refractivity contribution in [3.8, 4) is 56.7 Å². The number of aromatic nitrogens is 2. The number of benzene rings is 5. The highest BCUT2D eigenvalue weighted by atomic mass is 15.0. The Labute approximate surface area is 245 Å². The number of aryl methyl sites for hydroxylation is 1. The summed E-state index contributed by atoms with van der Waals surface area (Å²) in [6.45, 7) is 2.11. The normalized spacial score (nSPS) is 11.0. The lowest BCUT2D eigenvalue weighted by atomic mass is 9.92. The third kappa shape index (κ3) is 4.27.